The molecule has 0 radical (unpaired) electrons. The summed E-state index contributed by atoms with van der Waals surface area (Å²) in [5.74, 6) is -0.921. The predicted molar refractivity (Wildman–Crippen MR) is 65.6 cm³/mol. The molecular weight excluding hydrogens is 272 g/mol. The second kappa shape index (κ2) is 6.01. The zero-order chi connectivity index (χ0) is 12.1. The van der Waals surface area contributed by atoms with E-state index >= 15 is 0 Å². The van der Waals surface area contributed by atoms with Gasteiger partial charge in [-0.15, -0.1) is 0 Å². The summed E-state index contributed by atoms with van der Waals surface area (Å²) in [6.07, 6.45) is 1.18. The third-order valence-electron chi connectivity index (χ3n) is 2.40. The monoisotopic (exact) mass is 286 g/mol. The molecule has 1 N–H and O–H groups in total. The lowest BCUT2D eigenvalue weighted by Crippen LogP contribution is -2.07. The Balaban J connectivity index is 2.72. The van der Waals surface area contributed by atoms with E-state index in [0.717, 1.165) is 16.5 Å². The largest absolute Gasteiger partial charge is 0.478 e. The number of benzene rings is 1. The van der Waals surface area contributed by atoms with Gasteiger partial charge in [0, 0.05) is 4.47 Å². The first-order chi connectivity index (χ1) is 7.54. The number of hydrogen-bond acceptors (Lipinski definition) is 2. The maximum absolute atomic E-state index is 10.7. The Hall–Kier alpha value is -0.870. The summed E-state index contributed by atoms with van der Waals surface area (Å²) in [4.78, 5) is 10.7. The lowest BCUT2D eigenvalue weighted by atomic mass is 10.1. The molecule has 1 aromatic carbocycles. The van der Waals surface area contributed by atoms with Crippen molar-refractivity contribution in [2.45, 2.75) is 33.0 Å². The molecule has 3 nitrogen and oxygen atoms in total. The van der Waals surface area contributed by atoms with Gasteiger partial charge in [-0.3, -0.25) is 0 Å². The van der Waals surface area contributed by atoms with Crippen LogP contribution in [0.4, 0.5) is 0 Å². The van der Waals surface area contributed by atoms with Crippen LogP contribution in [0.3, 0.4) is 0 Å². The van der Waals surface area contributed by atoms with Gasteiger partial charge < -0.3 is 9.84 Å². The molecule has 16 heavy (non-hydrogen) atoms. The maximum Gasteiger partial charge on any atom is 0.335 e. The maximum atomic E-state index is 10.7. The Morgan fingerprint density at radius 2 is 2.25 bits per heavy atom. The van der Waals surface area contributed by atoms with Gasteiger partial charge in [-0.25, -0.2) is 4.79 Å². The molecule has 0 saturated heterocycles. The van der Waals surface area contributed by atoms with Gasteiger partial charge in [-0.05, 0) is 31.0 Å². The summed E-state index contributed by atoms with van der Waals surface area (Å²) in [5.41, 5.74) is 1.24. The molecule has 0 saturated carbocycles. The number of carboxylic acid groups (broad SMARTS) is 1. The van der Waals surface area contributed by atoms with Crippen LogP contribution in [0.1, 0.15) is 36.2 Å². The van der Waals surface area contributed by atoms with E-state index in [4.69, 9.17) is 9.84 Å². The Morgan fingerprint density at radius 1 is 1.56 bits per heavy atom. The molecular formula is C12H15BrO3. The van der Waals surface area contributed by atoms with Crippen LogP contribution in [0.25, 0.3) is 0 Å². The second-order valence-corrected chi connectivity index (χ2v) is 4.50. The van der Waals surface area contributed by atoms with Crippen molar-refractivity contribution in [1.29, 1.82) is 0 Å². The van der Waals surface area contributed by atoms with Crippen LogP contribution in [-0.4, -0.2) is 17.2 Å². The van der Waals surface area contributed by atoms with Gasteiger partial charge in [0.25, 0.3) is 0 Å². The van der Waals surface area contributed by atoms with Gasteiger partial charge in [0.1, 0.15) is 0 Å². The zero-order valence-electron chi connectivity index (χ0n) is 9.37. The summed E-state index contributed by atoms with van der Waals surface area (Å²) in [6.45, 7) is 4.57. The first-order valence-corrected chi connectivity index (χ1v) is 5.97. The summed E-state index contributed by atoms with van der Waals surface area (Å²) >= 11 is 3.34. The number of rotatable bonds is 5. The molecule has 0 aliphatic heterocycles. The molecule has 1 aromatic rings. The van der Waals surface area contributed by atoms with E-state index in [1.165, 1.54) is 0 Å². The molecule has 0 aromatic heterocycles. The molecule has 1 atom stereocenters. The minimum absolute atomic E-state index is 0.214. The van der Waals surface area contributed by atoms with Crippen LogP contribution in [-0.2, 0) is 11.3 Å². The molecule has 88 valence electrons. The Labute approximate surface area is 104 Å². The summed E-state index contributed by atoms with van der Waals surface area (Å²) < 4.78 is 6.35. The van der Waals surface area contributed by atoms with Gasteiger partial charge >= 0.3 is 5.97 Å². The van der Waals surface area contributed by atoms with Crippen LogP contribution >= 0.6 is 15.9 Å². The standard InChI is InChI=1S/C12H15BrO3/c1-3-8(2)16-7-10-5-4-9(12(14)15)6-11(10)13/h4-6,8H,3,7H2,1-2H3,(H,14,15). The van der Waals surface area contributed by atoms with Crippen molar-refractivity contribution >= 4 is 21.9 Å². The summed E-state index contributed by atoms with van der Waals surface area (Å²) in [5, 5.41) is 8.80. The predicted octanol–water partition coefficient (Wildman–Crippen LogP) is 3.46. The van der Waals surface area contributed by atoms with E-state index in [0.29, 0.717) is 6.61 Å². The minimum atomic E-state index is -0.921. The van der Waals surface area contributed by atoms with Crippen molar-refractivity contribution < 1.29 is 14.6 Å². The third kappa shape index (κ3) is 3.61. The molecule has 0 amide bonds. The van der Waals surface area contributed by atoms with Crippen molar-refractivity contribution in [1.82, 2.24) is 0 Å². The van der Waals surface area contributed by atoms with Gasteiger partial charge in [0.2, 0.25) is 0 Å². The topological polar surface area (TPSA) is 46.5 Å². The molecule has 0 heterocycles. The molecule has 1 rings (SSSR count). The molecule has 0 aliphatic rings. The Kier molecular flexibility index (Phi) is 4.96. The highest BCUT2D eigenvalue weighted by molar-refractivity contribution is 9.10. The lowest BCUT2D eigenvalue weighted by molar-refractivity contribution is 0.0504. The first kappa shape index (κ1) is 13.2. The lowest BCUT2D eigenvalue weighted by Gasteiger charge is -2.11. The SMILES string of the molecule is CCC(C)OCc1ccc(C(=O)O)cc1Br. The molecule has 4 heteroatoms. The Bertz CT molecular complexity index is 377. The number of ether oxygens (including phenoxy) is 1. The van der Waals surface area contributed by atoms with Crippen LogP contribution in [0.5, 0.6) is 0 Å². The van der Waals surface area contributed by atoms with Crippen LogP contribution in [0, 0.1) is 0 Å². The van der Waals surface area contributed by atoms with Crippen molar-refractivity contribution in [2.24, 2.45) is 0 Å². The van der Waals surface area contributed by atoms with Gasteiger partial charge in [0.15, 0.2) is 0 Å². The van der Waals surface area contributed by atoms with Crippen LogP contribution < -0.4 is 0 Å². The van der Waals surface area contributed by atoms with Gasteiger partial charge in [-0.1, -0.05) is 28.9 Å². The fourth-order valence-electron chi connectivity index (χ4n) is 1.15. The third-order valence-corrected chi connectivity index (χ3v) is 3.14. The zero-order valence-corrected chi connectivity index (χ0v) is 11.0. The van der Waals surface area contributed by atoms with E-state index in [9.17, 15) is 4.79 Å². The minimum Gasteiger partial charge on any atom is -0.478 e. The average Bonchev–Trinajstić information content (AvgIpc) is 2.26. The number of hydrogen-bond donors (Lipinski definition) is 1. The highest BCUT2D eigenvalue weighted by Gasteiger charge is 2.07. The molecule has 0 spiro atoms. The second-order valence-electron chi connectivity index (χ2n) is 3.64. The van der Waals surface area contributed by atoms with E-state index in [-0.39, 0.29) is 11.7 Å². The summed E-state index contributed by atoms with van der Waals surface area (Å²) in [7, 11) is 0. The quantitative estimate of drug-likeness (QED) is 0.902. The molecule has 1 unspecified atom stereocenters. The molecule has 0 fully saturated rings. The van der Waals surface area contributed by atoms with E-state index in [1.807, 2.05) is 6.92 Å². The number of carboxylic acids is 1. The molecule has 0 bridgehead atoms. The smallest absolute Gasteiger partial charge is 0.335 e. The highest BCUT2D eigenvalue weighted by atomic mass is 79.9. The normalized spacial score (nSPS) is 12.4. The van der Waals surface area contributed by atoms with Crippen molar-refractivity contribution in [3.63, 3.8) is 0 Å². The highest BCUT2D eigenvalue weighted by Crippen LogP contribution is 2.20. The van der Waals surface area contributed by atoms with E-state index in [2.05, 4.69) is 22.9 Å². The fourth-order valence-corrected chi connectivity index (χ4v) is 1.64. The fraction of sp³-hybridized carbons (Fsp3) is 0.417. The van der Waals surface area contributed by atoms with Crippen LogP contribution in [0.2, 0.25) is 0 Å². The van der Waals surface area contributed by atoms with Crippen molar-refractivity contribution in [2.75, 3.05) is 0 Å². The van der Waals surface area contributed by atoms with Crippen molar-refractivity contribution in [3.8, 4) is 0 Å². The van der Waals surface area contributed by atoms with E-state index < -0.39 is 5.97 Å². The molecule has 0 aliphatic carbocycles. The van der Waals surface area contributed by atoms with Crippen molar-refractivity contribution in [3.05, 3.63) is 33.8 Å². The van der Waals surface area contributed by atoms with Gasteiger partial charge in [0.05, 0.1) is 18.3 Å². The Morgan fingerprint density at radius 3 is 2.75 bits per heavy atom. The van der Waals surface area contributed by atoms with Crippen LogP contribution in [0.15, 0.2) is 22.7 Å². The van der Waals surface area contributed by atoms with Gasteiger partial charge in [-0.2, -0.15) is 0 Å². The average molecular weight is 287 g/mol. The number of aromatic carboxylic acids is 1. The van der Waals surface area contributed by atoms with E-state index in [1.54, 1.807) is 18.2 Å². The number of halogens is 1. The summed E-state index contributed by atoms with van der Waals surface area (Å²) in [6, 6.07) is 4.95. The number of carbonyl (C=O) groups is 1. The first-order valence-electron chi connectivity index (χ1n) is 5.18.